The van der Waals surface area contributed by atoms with Crippen molar-refractivity contribution in [2.75, 3.05) is 6.61 Å². The number of hydrogen-bond donors (Lipinski definition) is 2. The van der Waals surface area contributed by atoms with Crippen LogP contribution >= 0.6 is 0 Å². The summed E-state index contributed by atoms with van der Waals surface area (Å²) in [5.74, 6) is -1.53. The zero-order valence-corrected chi connectivity index (χ0v) is 13.7. The number of phenolic OH excluding ortho intramolecular Hbond substituents is 1. The van der Waals surface area contributed by atoms with Crippen molar-refractivity contribution in [2.45, 2.75) is 19.8 Å². The average Bonchev–Trinajstić information content (AvgIpc) is 2.60. The first-order valence-corrected chi connectivity index (χ1v) is 7.72. The van der Waals surface area contributed by atoms with Crippen molar-refractivity contribution >= 4 is 23.3 Å². The van der Waals surface area contributed by atoms with Crippen LogP contribution in [0.4, 0.5) is 11.4 Å². The first-order valence-electron chi connectivity index (χ1n) is 7.72. The van der Waals surface area contributed by atoms with Gasteiger partial charge in [0.15, 0.2) is 0 Å². The molecule has 0 saturated heterocycles. The summed E-state index contributed by atoms with van der Waals surface area (Å²) < 4.78 is 5.04. The van der Waals surface area contributed by atoms with Gasteiger partial charge in [0, 0.05) is 5.56 Å². The molecular weight excluding hydrogens is 324 g/mol. The second-order valence-corrected chi connectivity index (χ2v) is 5.27. The Kier molecular flexibility index (Phi) is 6.22. The molecule has 0 amide bonds. The summed E-state index contributed by atoms with van der Waals surface area (Å²) in [5, 5.41) is 26.5. The van der Waals surface area contributed by atoms with Gasteiger partial charge >= 0.3 is 11.9 Å². The van der Waals surface area contributed by atoms with Crippen LogP contribution in [0.25, 0.3) is 0 Å². The van der Waals surface area contributed by atoms with E-state index in [0.29, 0.717) is 23.5 Å². The van der Waals surface area contributed by atoms with E-state index in [4.69, 9.17) is 9.84 Å². The molecule has 0 saturated carbocycles. The lowest BCUT2D eigenvalue weighted by atomic mass is 10.1. The normalized spacial score (nSPS) is 10.8. The number of rotatable bonds is 7. The van der Waals surface area contributed by atoms with Gasteiger partial charge in [-0.05, 0) is 48.9 Å². The molecule has 0 heterocycles. The van der Waals surface area contributed by atoms with Gasteiger partial charge in [-0.1, -0.05) is 6.92 Å². The van der Waals surface area contributed by atoms with Crippen molar-refractivity contribution in [3.8, 4) is 5.75 Å². The summed E-state index contributed by atoms with van der Waals surface area (Å²) in [6.07, 6.45) is 0.457. The lowest BCUT2D eigenvalue weighted by Gasteiger charge is -2.03. The van der Waals surface area contributed by atoms with Gasteiger partial charge in [0.05, 0.1) is 30.0 Å². The Bertz CT molecular complexity index is 785. The number of nitrogens with zero attached hydrogens (tertiary/aromatic N) is 2. The molecule has 2 aromatic carbocycles. The molecule has 0 unspecified atom stereocenters. The van der Waals surface area contributed by atoms with Crippen molar-refractivity contribution < 1.29 is 24.5 Å². The van der Waals surface area contributed by atoms with E-state index in [1.807, 2.05) is 6.92 Å². The van der Waals surface area contributed by atoms with E-state index in [-0.39, 0.29) is 23.7 Å². The van der Waals surface area contributed by atoms with E-state index in [1.165, 1.54) is 18.2 Å². The number of aromatic hydroxyl groups is 1. The van der Waals surface area contributed by atoms with E-state index >= 15 is 0 Å². The van der Waals surface area contributed by atoms with Crippen LogP contribution in [0.5, 0.6) is 5.75 Å². The molecule has 0 aromatic heterocycles. The highest BCUT2D eigenvalue weighted by Crippen LogP contribution is 2.25. The molecule has 7 nitrogen and oxygen atoms in total. The minimum absolute atomic E-state index is 0.101. The summed E-state index contributed by atoms with van der Waals surface area (Å²) in [4.78, 5) is 22.5. The zero-order chi connectivity index (χ0) is 18.2. The minimum atomic E-state index is -1.05. The lowest BCUT2D eigenvalue weighted by molar-refractivity contribution is -0.136. The van der Waals surface area contributed by atoms with Gasteiger partial charge in [0.25, 0.3) is 0 Å². The molecule has 0 radical (unpaired) electrons. The molecule has 25 heavy (non-hydrogen) atoms. The Labute approximate surface area is 144 Å². The molecule has 2 aromatic rings. The Morgan fingerprint density at radius 1 is 1.04 bits per heavy atom. The Hall–Kier alpha value is -3.22. The van der Waals surface area contributed by atoms with Crippen molar-refractivity contribution in [1.29, 1.82) is 0 Å². The van der Waals surface area contributed by atoms with Crippen LogP contribution < -0.4 is 0 Å². The maximum Gasteiger partial charge on any atom is 0.338 e. The number of hydrogen-bond acceptors (Lipinski definition) is 6. The van der Waals surface area contributed by atoms with E-state index in [2.05, 4.69) is 10.2 Å². The molecule has 130 valence electrons. The number of benzene rings is 2. The first kappa shape index (κ1) is 18.1. The Morgan fingerprint density at radius 3 is 2.32 bits per heavy atom. The lowest BCUT2D eigenvalue weighted by Crippen LogP contribution is -2.05. The second-order valence-electron chi connectivity index (χ2n) is 5.27. The number of carboxylic acids is 1. The van der Waals surface area contributed by atoms with Crippen molar-refractivity contribution in [1.82, 2.24) is 0 Å². The third-order valence-electron chi connectivity index (χ3n) is 3.23. The van der Waals surface area contributed by atoms with Gasteiger partial charge < -0.3 is 14.9 Å². The van der Waals surface area contributed by atoms with Crippen LogP contribution in [0.3, 0.4) is 0 Å². The van der Waals surface area contributed by atoms with E-state index in [0.717, 1.165) is 6.42 Å². The number of carbonyl (C=O) groups excluding carboxylic acids is 1. The standard InChI is InChI=1S/C18H18N2O5/c1-2-9-25-18(24)12-3-5-14(6-4-12)19-20-15-7-8-16(21)13(10-15)11-17(22)23/h3-8,10,21H,2,9,11H2,1H3,(H,22,23). The third kappa shape index (κ3) is 5.42. The highest BCUT2D eigenvalue weighted by Gasteiger charge is 2.08. The molecule has 2 N–H and O–H groups in total. The van der Waals surface area contributed by atoms with Gasteiger partial charge in [0.2, 0.25) is 0 Å². The highest BCUT2D eigenvalue weighted by atomic mass is 16.5. The summed E-state index contributed by atoms with van der Waals surface area (Å²) in [5.41, 5.74) is 1.64. The fourth-order valence-electron chi connectivity index (χ4n) is 2.00. The fourth-order valence-corrected chi connectivity index (χ4v) is 2.00. The van der Waals surface area contributed by atoms with Gasteiger partial charge in [0.1, 0.15) is 5.75 Å². The summed E-state index contributed by atoms with van der Waals surface area (Å²) in [6.45, 7) is 2.29. The molecule has 0 bridgehead atoms. The van der Waals surface area contributed by atoms with Crippen LogP contribution in [-0.4, -0.2) is 28.8 Å². The van der Waals surface area contributed by atoms with Gasteiger partial charge in [-0.15, -0.1) is 0 Å². The number of phenols is 1. The minimum Gasteiger partial charge on any atom is -0.508 e. The maximum atomic E-state index is 11.7. The van der Waals surface area contributed by atoms with Crippen LogP contribution in [0, 0.1) is 0 Å². The molecule has 7 heteroatoms. The van der Waals surface area contributed by atoms with Gasteiger partial charge in [-0.2, -0.15) is 10.2 Å². The van der Waals surface area contributed by atoms with E-state index in [9.17, 15) is 14.7 Å². The van der Waals surface area contributed by atoms with Crippen molar-refractivity contribution in [2.24, 2.45) is 10.2 Å². The summed E-state index contributed by atoms with van der Waals surface area (Å²) in [6, 6.07) is 10.8. The van der Waals surface area contributed by atoms with Crippen molar-refractivity contribution in [3.05, 3.63) is 53.6 Å². The molecule has 0 atom stereocenters. The molecule has 0 fully saturated rings. The van der Waals surface area contributed by atoms with Gasteiger partial charge in [-0.25, -0.2) is 4.79 Å². The average molecular weight is 342 g/mol. The zero-order valence-electron chi connectivity index (χ0n) is 13.7. The number of carboxylic acid groups (broad SMARTS) is 1. The number of carbonyl (C=O) groups is 2. The quantitative estimate of drug-likeness (QED) is 0.584. The van der Waals surface area contributed by atoms with Crippen LogP contribution in [0.1, 0.15) is 29.3 Å². The second kappa shape index (κ2) is 8.58. The number of esters is 1. The predicted molar refractivity (Wildman–Crippen MR) is 90.6 cm³/mol. The maximum absolute atomic E-state index is 11.7. The van der Waals surface area contributed by atoms with Gasteiger partial charge in [-0.3, -0.25) is 4.79 Å². The first-order chi connectivity index (χ1) is 12.0. The largest absolute Gasteiger partial charge is 0.508 e. The molecule has 0 aliphatic carbocycles. The molecule has 0 spiro atoms. The van der Waals surface area contributed by atoms with Crippen LogP contribution in [0.2, 0.25) is 0 Å². The van der Waals surface area contributed by atoms with Crippen molar-refractivity contribution in [3.63, 3.8) is 0 Å². The predicted octanol–water partition coefficient (Wildman–Crippen LogP) is 4.00. The highest BCUT2D eigenvalue weighted by molar-refractivity contribution is 5.89. The smallest absolute Gasteiger partial charge is 0.338 e. The Morgan fingerprint density at radius 2 is 1.68 bits per heavy atom. The summed E-state index contributed by atoms with van der Waals surface area (Å²) >= 11 is 0. The molecule has 0 aliphatic heterocycles. The van der Waals surface area contributed by atoms with E-state index < -0.39 is 5.97 Å². The topological polar surface area (TPSA) is 109 Å². The van der Waals surface area contributed by atoms with Crippen LogP contribution in [0.15, 0.2) is 52.7 Å². The Balaban J connectivity index is 2.09. The molecular formula is C18H18N2O5. The number of azo groups is 1. The number of aliphatic carboxylic acids is 1. The molecule has 2 rings (SSSR count). The monoisotopic (exact) mass is 342 g/mol. The van der Waals surface area contributed by atoms with Crippen LogP contribution in [-0.2, 0) is 16.0 Å². The van der Waals surface area contributed by atoms with E-state index in [1.54, 1.807) is 24.3 Å². The SMILES string of the molecule is CCCOC(=O)c1ccc(N=Nc2ccc(O)c(CC(=O)O)c2)cc1. The fraction of sp³-hybridized carbons (Fsp3) is 0.222. The summed E-state index contributed by atoms with van der Waals surface area (Å²) in [7, 11) is 0. The third-order valence-corrected chi connectivity index (χ3v) is 3.23. The molecule has 0 aliphatic rings. The number of ether oxygens (including phenoxy) is 1.